The highest BCUT2D eigenvalue weighted by atomic mass is 32.1. The van der Waals surface area contributed by atoms with Crippen LogP contribution in [0.1, 0.15) is 27.7 Å². The summed E-state index contributed by atoms with van der Waals surface area (Å²) in [5.74, 6) is 2.34. The molecule has 9 heteroatoms. The number of rotatable bonds is 10. The Morgan fingerprint density at radius 2 is 1.59 bits per heavy atom. The van der Waals surface area contributed by atoms with Gasteiger partial charge in [-0.1, -0.05) is 58.0 Å². The van der Waals surface area contributed by atoms with Crippen molar-refractivity contribution in [3.05, 3.63) is 60.9 Å². The monoisotopic (exact) mass is 581 g/mol. The van der Waals surface area contributed by atoms with E-state index < -0.39 is 0 Å². The van der Waals surface area contributed by atoms with Gasteiger partial charge < -0.3 is 24.5 Å². The Bertz CT molecular complexity index is 1230. The minimum absolute atomic E-state index is 0.508. The number of piperazine rings is 1. The Morgan fingerprint density at radius 3 is 2.24 bits per heavy atom. The van der Waals surface area contributed by atoms with E-state index in [1.807, 2.05) is 70.2 Å². The number of ether oxygens (including phenoxy) is 2. The summed E-state index contributed by atoms with van der Waals surface area (Å²) in [5.41, 5.74) is 3.56. The molecular weight excluding hydrogens is 534 g/mol. The predicted octanol–water partition coefficient (Wildman–Crippen LogP) is 6.50. The zero-order chi connectivity index (χ0) is 29.9. The molecule has 0 bridgehead atoms. The van der Waals surface area contributed by atoms with Gasteiger partial charge in [-0.2, -0.15) is 12.6 Å². The largest absolute Gasteiger partial charge is 0.491 e. The van der Waals surface area contributed by atoms with Crippen LogP contribution in [0.25, 0.3) is 33.6 Å². The van der Waals surface area contributed by atoms with E-state index in [0.717, 1.165) is 78.7 Å². The third-order valence-electron chi connectivity index (χ3n) is 6.15. The van der Waals surface area contributed by atoms with E-state index in [0.29, 0.717) is 18.9 Å². The maximum Gasteiger partial charge on any atom is 0.232 e. The lowest BCUT2D eigenvalue weighted by molar-refractivity contribution is 0.146. The van der Waals surface area contributed by atoms with E-state index in [-0.39, 0.29) is 0 Å². The molecule has 2 aromatic carbocycles. The number of aromatic nitrogens is 2. The second kappa shape index (κ2) is 19.9. The molecule has 2 N–H and O–H groups in total. The quantitative estimate of drug-likeness (QED) is 0.145. The molecule has 0 spiro atoms. The van der Waals surface area contributed by atoms with Crippen molar-refractivity contribution in [1.82, 2.24) is 20.2 Å². The zero-order valence-corrected chi connectivity index (χ0v) is 26.3. The van der Waals surface area contributed by atoms with Gasteiger partial charge in [-0.3, -0.25) is 4.90 Å². The Labute approximate surface area is 251 Å². The van der Waals surface area contributed by atoms with Crippen LogP contribution in [0.2, 0.25) is 0 Å². The number of hydrogen-bond acceptors (Lipinski definition) is 9. The molecule has 2 aromatic heterocycles. The molecule has 3 heterocycles. The van der Waals surface area contributed by atoms with Gasteiger partial charge in [-0.05, 0) is 36.1 Å². The van der Waals surface area contributed by atoms with Crippen LogP contribution in [0, 0.1) is 0 Å². The molecule has 0 aliphatic carbocycles. The molecule has 0 unspecified atom stereocenters. The van der Waals surface area contributed by atoms with Crippen LogP contribution in [0.4, 0.5) is 5.82 Å². The predicted molar refractivity (Wildman–Crippen MR) is 175 cm³/mol. The molecule has 41 heavy (non-hydrogen) atoms. The highest BCUT2D eigenvalue weighted by Crippen LogP contribution is 2.42. The maximum absolute atomic E-state index is 6.34. The third kappa shape index (κ3) is 9.74. The number of thiol groups is 1. The molecule has 1 aliphatic heterocycles. The highest BCUT2D eigenvalue weighted by Gasteiger charge is 2.22. The summed E-state index contributed by atoms with van der Waals surface area (Å²) in [5, 5.41) is 7.84. The SMILES string of the molecule is CC.CC.COCCOc1ccc(-c2oc3ncnc(NCCN4CCNCC4)c3c2-c2ccccc2)cc1.CS. The first-order chi connectivity index (χ1) is 20.3. The van der Waals surface area contributed by atoms with E-state index in [4.69, 9.17) is 13.9 Å². The smallest absolute Gasteiger partial charge is 0.232 e. The first kappa shape index (κ1) is 34.1. The highest BCUT2D eigenvalue weighted by molar-refractivity contribution is 7.79. The Balaban J connectivity index is 0.000000921. The lowest BCUT2D eigenvalue weighted by Gasteiger charge is -2.27. The molecule has 0 saturated carbocycles. The zero-order valence-electron chi connectivity index (χ0n) is 25.4. The van der Waals surface area contributed by atoms with Crippen molar-refractivity contribution in [2.24, 2.45) is 0 Å². The van der Waals surface area contributed by atoms with Gasteiger partial charge in [0.15, 0.2) is 0 Å². The van der Waals surface area contributed by atoms with E-state index in [1.165, 1.54) is 0 Å². The van der Waals surface area contributed by atoms with Crippen LogP contribution in [-0.4, -0.2) is 80.7 Å². The van der Waals surface area contributed by atoms with Crippen molar-refractivity contribution in [3.63, 3.8) is 0 Å². The Morgan fingerprint density at radius 1 is 0.902 bits per heavy atom. The second-order valence-electron chi connectivity index (χ2n) is 8.46. The fourth-order valence-corrected chi connectivity index (χ4v) is 4.36. The number of anilines is 1. The summed E-state index contributed by atoms with van der Waals surface area (Å²) in [6.07, 6.45) is 3.25. The summed E-state index contributed by atoms with van der Waals surface area (Å²) in [4.78, 5) is 11.5. The van der Waals surface area contributed by atoms with E-state index in [9.17, 15) is 0 Å². The van der Waals surface area contributed by atoms with Gasteiger partial charge in [0.1, 0.15) is 30.3 Å². The van der Waals surface area contributed by atoms with E-state index in [2.05, 4.69) is 50.3 Å². The molecule has 0 amide bonds. The third-order valence-corrected chi connectivity index (χ3v) is 6.15. The number of nitrogens with zero attached hydrogens (tertiary/aromatic N) is 3. The fraction of sp³-hybridized carbons (Fsp3) is 0.438. The van der Waals surface area contributed by atoms with Gasteiger partial charge >= 0.3 is 0 Å². The summed E-state index contributed by atoms with van der Waals surface area (Å²) >= 11 is 3.53. The first-order valence-electron chi connectivity index (χ1n) is 14.5. The number of hydrogen-bond donors (Lipinski definition) is 3. The maximum atomic E-state index is 6.34. The van der Waals surface area contributed by atoms with Gasteiger partial charge in [0.2, 0.25) is 5.71 Å². The van der Waals surface area contributed by atoms with Crippen LogP contribution in [0.3, 0.4) is 0 Å². The molecule has 1 saturated heterocycles. The second-order valence-corrected chi connectivity index (χ2v) is 8.46. The Hall–Kier alpha value is -3.11. The van der Waals surface area contributed by atoms with Crippen molar-refractivity contribution < 1.29 is 13.9 Å². The minimum atomic E-state index is 0.508. The lowest BCUT2D eigenvalue weighted by atomic mass is 9.99. The topological polar surface area (TPSA) is 84.7 Å². The van der Waals surface area contributed by atoms with Gasteiger partial charge in [0.05, 0.1) is 12.0 Å². The van der Waals surface area contributed by atoms with Crippen molar-refractivity contribution >= 4 is 29.5 Å². The van der Waals surface area contributed by atoms with Crippen LogP contribution < -0.4 is 15.4 Å². The molecule has 1 aliphatic rings. The standard InChI is InChI=1S/C27H31N5O3.2C2H6.CH4S/c1-33-17-18-34-22-9-7-21(8-10-22)25-23(20-5-3-2-4-6-20)24-26(30-19-31-27(24)35-25)29-13-16-32-14-11-28-12-15-32;3*1-2/h2-10,19,28H,11-18H2,1H3,(H,29,30,31);2*1-2H3;2H,1H3. The number of nitrogens with one attached hydrogen (secondary N) is 2. The van der Waals surface area contributed by atoms with Crippen molar-refractivity contribution in [2.45, 2.75) is 27.7 Å². The van der Waals surface area contributed by atoms with Gasteiger partial charge in [-0.25, -0.2) is 9.97 Å². The molecule has 8 nitrogen and oxygen atoms in total. The van der Waals surface area contributed by atoms with Crippen molar-refractivity contribution in [3.8, 4) is 28.2 Å². The van der Waals surface area contributed by atoms with Crippen LogP contribution >= 0.6 is 12.6 Å². The number of furan rings is 1. The number of methoxy groups -OCH3 is 1. The molecule has 0 radical (unpaired) electrons. The van der Waals surface area contributed by atoms with Gasteiger partial charge in [0.25, 0.3) is 0 Å². The normalized spacial score (nSPS) is 12.7. The number of benzene rings is 2. The van der Waals surface area contributed by atoms with E-state index >= 15 is 0 Å². The molecule has 5 rings (SSSR count). The first-order valence-corrected chi connectivity index (χ1v) is 15.4. The van der Waals surface area contributed by atoms with Crippen LogP contribution in [-0.2, 0) is 4.74 Å². The Kier molecular flexibility index (Phi) is 16.5. The molecule has 0 atom stereocenters. The molecule has 1 fully saturated rings. The minimum Gasteiger partial charge on any atom is -0.491 e. The average molecular weight is 582 g/mol. The van der Waals surface area contributed by atoms with E-state index in [1.54, 1.807) is 19.7 Å². The lowest BCUT2D eigenvalue weighted by Crippen LogP contribution is -2.45. The van der Waals surface area contributed by atoms with Crippen molar-refractivity contribution in [2.75, 3.05) is 71.2 Å². The summed E-state index contributed by atoms with van der Waals surface area (Å²) in [6, 6.07) is 18.2. The van der Waals surface area contributed by atoms with Crippen molar-refractivity contribution in [1.29, 1.82) is 0 Å². The summed E-state index contributed by atoms with van der Waals surface area (Å²) in [6.45, 7) is 15.0. The molecule has 4 aromatic rings. The summed E-state index contributed by atoms with van der Waals surface area (Å²) < 4.78 is 17.1. The summed E-state index contributed by atoms with van der Waals surface area (Å²) in [7, 11) is 1.66. The van der Waals surface area contributed by atoms with Gasteiger partial charge in [-0.15, -0.1) is 0 Å². The number of fused-ring (bicyclic) bond motifs is 1. The van der Waals surface area contributed by atoms with Gasteiger partial charge in [0, 0.05) is 57.5 Å². The van der Waals surface area contributed by atoms with Crippen LogP contribution in [0.5, 0.6) is 5.75 Å². The average Bonchev–Trinajstić information content (AvgIpc) is 3.46. The van der Waals surface area contributed by atoms with Crippen LogP contribution in [0.15, 0.2) is 65.3 Å². The fourth-order valence-electron chi connectivity index (χ4n) is 4.36. The molecule has 224 valence electrons. The molecular formula is C32H47N5O3S.